The molecule has 0 saturated heterocycles. The fourth-order valence-corrected chi connectivity index (χ4v) is 3.97. The van der Waals surface area contributed by atoms with E-state index in [0.717, 1.165) is 23.1 Å². The zero-order valence-electron chi connectivity index (χ0n) is 12.5. The molecule has 1 heterocycles. The first-order valence-corrected chi connectivity index (χ1v) is 7.54. The molecular formula is C15H14F4N4O. The molecule has 5 rings (SSSR count). The van der Waals surface area contributed by atoms with E-state index in [0.29, 0.717) is 25.3 Å². The van der Waals surface area contributed by atoms with Crippen LogP contribution in [0.2, 0.25) is 0 Å². The van der Waals surface area contributed by atoms with E-state index >= 15 is 8.78 Å². The van der Waals surface area contributed by atoms with Crippen LogP contribution >= 0.6 is 0 Å². The van der Waals surface area contributed by atoms with Gasteiger partial charge in [-0.05, 0) is 47.7 Å². The first-order valence-electron chi connectivity index (χ1n) is 7.54. The molecule has 3 aliphatic rings. The van der Waals surface area contributed by atoms with Crippen molar-refractivity contribution in [1.82, 2.24) is 20.2 Å². The number of benzene rings is 1. The van der Waals surface area contributed by atoms with Crippen LogP contribution in [0, 0.1) is 23.0 Å². The minimum atomic E-state index is -3.61. The summed E-state index contributed by atoms with van der Waals surface area (Å²) in [6.45, 7) is -0.734. The first kappa shape index (κ1) is 15.5. The second-order valence-electron chi connectivity index (χ2n) is 6.82. The number of hydrogen-bond donors (Lipinski definition) is 1. The van der Waals surface area contributed by atoms with Crippen molar-refractivity contribution < 1.29 is 22.7 Å². The molecule has 0 spiro atoms. The summed E-state index contributed by atoms with van der Waals surface area (Å²) in [6.07, 6.45) is 1.94. The van der Waals surface area contributed by atoms with Gasteiger partial charge in [-0.15, -0.1) is 5.10 Å². The Labute approximate surface area is 134 Å². The SMILES string of the molecule is O[C@](Cn1cnnn1)(c1ccc(F)cc1F)C(F)(F)C12CC(C1)C2. The van der Waals surface area contributed by atoms with Gasteiger partial charge in [0.05, 0.1) is 6.54 Å². The molecule has 5 nitrogen and oxygen atoms in total. The van der Waals surface area contributed by atoms with Crippen LogP contribution in [0.1, 0.15) is 24.8 Å². The lowest BCUT2D eigenvalue weighted by molar-refractivity contribution is -0.337. The van der Waals surface area contributed by atoms with Gasteiger partial charge in [-0.3, -0.25) is 0 Å². The molecule has 2 aromatic rings. The molecule has 9 heteroatoms. The molecule has 1 N–H and O–H groups in total. The Kier molecular flexibility index (Phi) is 3.07. The van der Waals surface area contributed by atoms with Crippen LogP contribution in [0.3, 0.4) is 0 Å². The molecule has 3 saturated carbocycles. The Balaban J connectivity index is 1.82. The molecule has 3 aliphatic carbocycles. The molecular weight excluding hydrogens is 328 g/mol. The maximum atomic E-state index is 15.3. The monoisotopic (exact) mass is 342 g/mol. The van der Waals surface area contributed by atoms with Crippen LogP contribution in [-0.2, 0) is 12.1 Å². The summed E-state index contributed by atoms with van der Waals surface area (Å²) in [4.78, 5) is 0. The molecule has 1 aromatic carbocycles. The highest BCUT2D eigenvalue weighted by Gasteiger charge is 2.76. The van der Waals surface area contributed by atoms with Gasteiger partial charge in [-0.1, -0.05) is 0 Å². The molecule has 24 heavy (non-hydrogen) atoms. The minimum Gasteiger partial charge on any atom is -0.377 e. The Morgan fingerprint density at radius 2 is 1.96 bits per heavy atom. The number of halogens is 4. The zero-order chi connectivity index (χ0) is 17.2. The molecule has 2 bridgehead atoms. The van der Waals surface area contributed by atoms with Crippen molar-refractivity contribution >= 4 is 0 Å². The number of tetrazole rings is 1. The lowest BCUT2D eigenvalue weighted by Crippen LogP contribution is -2.69. The van der Waals surface area contributed by atoms with Crippen molar-refractivity contribution in [3.8, 4) is 0 Å². The summed E-state index contributed by atoms with van der Waals surface area (Å²) in [5, 5.41) is 21.1. The standard InChI is InChI=1S/C15H14F4N4O/c16-10-1-2-11(12(17)3-10)14(24,7-23-8-20-21-22-23)15(18,19)13-4-9(5-13)6-13/h1-3,8-9,24H,4-7H2/t9?,13?,14-/m1/s1. The van der Waals surface area contributed by atoms with Crippen LogP contribution in [0.25, 0.3) is 0 Å². The molecule has 1 aromatic heterocycles. The highest BCUT2D eigenvalue weighted by molar-refractivity contribution is 5.31. The molecule has 1 atom stereocenters. The predicted molar refractivity (Wildman–Crippen MR) is 72.8 cm³/mol. The van der Waals surface area contributed by atoms with E-state index in [1.807, 2.05) is 0 Å². The van der Waals surface area contributed by atoms with Crippen molar-refractivity contribution in [2.24, 2.45) is 11.3 Å². The van der Waals surface area contributed by atoms with E-state index in [4.69, 9.17) is 0 Å². The summed E-state index contributed by atoms with van der Waals surface area (Å²) < 4.78 is 58.9. The molecule has 128 valence electrons. The number of aromatic nitrogens is 4. The second-order valence-corrected chi connectivity index (χ2v) is 6.82. The second kappa shape index (κ2) is 4.75. The van der Waals surface area contributed by atoms with Gasteiger partial charge in [-0.25, -0.2) is 22.2 Å². The quantitative estimate of drug-likeness (QED) is 0.847. The predicted octanol–water partition coefficient (Wildman–Crippen LogP) is 2.27. The number of aliphatic hydroxyl groups is 1. The van der Waals surface area contributed by atoms with E-state index in [-0.39, 0.29) is 5.92 Å². The smallest absolute Gasteiger partial charge is 0.287 e. The van der Waals surface area contributed by atoms with E-state index < -0.39 is 40.7 Å². The van der Waals surface area contributed by atoms with Gasteiger partial charge in [0.25, 0.3) is 5.92 Å². The molecule has 0 radical (unpaired) electrons. The van der Waals surface area contributed by atoms with Gasteiger partial charge < -0.3 is 5.11 Å². The number of rotatable bonds is 5. The van der Waals surface area contributed by atoms with Crippen LogP contribution in [0.4, 0.5) is 17.6 Å². The first-order chi connectivity index (χ1) is 11.3. The van der Waals surface area contributed by atoms with E-state index in [2.05, 4.69) is 15.5 Å². The van der Waals surface area contributed by atoms with Crippen LogP contribution < -0.4 is 0 Å². The van der Waals surface area contributed by atoms with Crippen LogP contribution in [-0.4, -0.2) is 31.2 Å². The largest absolute Gasteiger partial charge is 0.377 e. The van der Waals surface area contributed by atoms with Gasteiger partial charge in [0.15, 0.2) is 5.60 Å². The van der Waals surface area contributed by atoms with Crippen molar-refractivity contribution in [3.05, 3.63) is 41.7 Å². The Morgan fingerprint density at radius 1 is 1.25 bits per heavy atom. The van der Waals surface area contributed by atoms with Gasteiger partial charge in [0.2, 0.25) is 0 Å². The van der Waals surface area contributed by atoms with E-state index in [1.54, 1.807) is 0 Å². The summed E-state index contributed by atoms with van der Waals surface area (Å²) in [6, 6.07) is 2.19. The summed E-state index contributed by atoms with van der Waals surface area (Å²) in [5.41, 5.74) is -4.89. The van der Waals surface area contributed by atoms with Crippen molar-refractivity contribution in [3.63, 3.8) is 0 Å². The topological polar surface area (TPSA) is 63.8 Å². The number of hydrogen-bond acceptors (Lipinski definition) is 4. The van der Waals surface area contributed by atoms with Crippen molar-refractivity contribution in [2.45, 2.75) is 37.3 Å². The number of nitrogens with zero attached hydrogens (tertiary/aromatic N) is 4. The van der Waals surface area contributed by atoms with E-state index in [1.165, 1.54) is 0 Å². The Bertz CT molecular complexity index is 765. The average molecular weight is 342 g/mol. The zero-order valence-corrected chi connectivity index (χ0v) is 12.5. The average Bonchev–Trinajstić information content (AvgIpc) is 2.86. The summed E-state index contributed by atoms with van der Waals surface area (Å²) >= 11 is 0. The van der Waals surface area contributed by atoms with Gasteiger partial charge in [-0.2, -0.15) is 0 Å². The minimum absolute atomic E-state index is 0.242. The fraction of sp³-hybridized carbons (Fsp3) is 0.533. The Morgan fingerprint density at radius 3 is 2.46 bits per heavy atom. The summed E-state index contributed by atoms with van der Waals surface area (Å²) in [5.74, 6) is -5.50. The third-order valence-electron chi connectivity index (χ3n) is 5.38. The van der Waals surface area contributed by atoms with Crippen LogP contribution in [0.5, 0.6) is 0 Å². The van der Waals surface area contributed by atoms with Crippen LogP contribution in [0.15, 0.2) is 24.5 Å². The van der Waals surface area contributed by atoms with Gasteiger partial charge >= 0.3 is 0 Å². The maximum absolute atomic E-state index is 15.3. The maximum Gasteiger partial charge on any atom is 0.287 e. The molecule has 0 aliphatic heterocycles. The highest BCUT2D eigenvalue weighted by Crippen LogP contribution is 2.73. The molecule has 0 unspecified atom stereocenters. The summed E-state index contributed by atoms with van der Waals surface area (Å²) in [7, 11) is 0. The lowest BCUT2D eigenvalue weighted by atomic mass is 9.40. The van der Waals surface area contributed by atoms with Gasteiger partial charge in [0, 0.05) is 17.0 Å². The fourth-order valence-electron chi connectivity index (χ4n) is 3.97. The van der Waals surface area contributed by atoms with E-state index in [9.17, 15) is 13.9 Å². The molecule has 0 amide bonds. The number of alkyl halides is 2. The van der Waals surface area contributed by atoms with Gasteiger partial charge in [0.1, 0.15) is 18.0 Å². The normalized spacial score (nSPS) is 28.0. The van der Waals surface area contributed by atoms with Crippen molar-refractivity contribution in [2.75, 3.05) is 0 Å². The molecule has 3 fully saturated rings. The lowest BCUT2D eigenvalue weighted by Gasteiger charge is -2.66. The third-order valence-corrected chi connectivity index (χ3v) is 5.38. The van der Waals surface area contributed by atoms with Crippen molar-refractivity contribution in [1.29, 1.82) is 0 Å². The Hall–Kier alpha value is -2.03. The third kappa shape index (κ3) is 1.87. The highest BCUT2D eigenvalue weighted by atomic mass is 19.3.